The van der Waals surface area contributed by atoms with Gasteiger partial charge in [0, 0.05) is 28.5 Å². The Morgan fingerprint density at radius 1 is 1.16 bits per heavy atom. The molecule has 2 amide bonds. The average molecular weight is 482 g/mol. The molecule has 0 radical (unpaired) electrons. The highest BCUT2D eigenvalue weighted by Gasteiger charge is 2.47. The quantitative estimate of drug-likeness (QED) is 0.539. The Hall–Kier alpha value is -2.60. The molecular formula is C25H28BrN3O2. The number of rotatable bonds is 6. The van der Waals surface area contributed by atoms with Gasteiger partial charge in [-0.2, -0.15) is 0 Å². The number of nitrogens with one attached hydrogen (secondary N) is 1. The van der Waals surface area contributed by atoms with Crippen molar-refractivity contribution in [2.45, 2.75) is 45.8 Å². The third kappa shape index (κ3) is 4.13. The summed E-state index contributed by atoms with van der Waals surface area (Å²) in [5.74, 6) is 0.266. The molecule has 1 aromatic heterocycles. The molecule has 0 saturated heterocycles. The first kappa shape index (κ1) is 21.6. The Balaban J connectivity index is 1.74. The molecule has 4 rings (SSSR count). The monoisotopic (exact) mass is 481 g/mol. The second-order valence-corrected chi connectivity index (χ2v) is 9.82. The van der Waals surface area contributed by atoms with E-state index < -0.39 is 5.54 Å². The predicted molar refractivity (Wildman–Crippen MR) is 127 cm³/mol. The fourth-order valence-electron chi connectivity index (χ4n) is 4.24. The zero-order chi connectivity index (χ0) is 22.2. The summed E-state index contributed by atoms with van der Waals surface area (Å²) in [5, 5.41) is 4.10. The minimum Gasteiger partial charge on any atom is -0.354 e. The van der Waals surface area contributed by atoms with Crippen molar-refractivity contribution in [2.75, 3.05) is 6.54 Å². The Morgan fingerprint density at radius 2 is 1.94 bits per heavy atom. The summed E-state index contributed by atoms with van der Waals surface area (Å²) >= 11 is 3.51. The van der Waals surface area contributed by atoms with Gasteiger partial charge in [-0.3, -0.25) is 9.59 Å². The molecule has 0 bridgehead atoms. The summed E-state index contributed by atoms with van der Waals surface area (Å²) in [6, 6.07) is 17.8. The predicted octanol–water partition coefficient (Wildman–Crippen LogP) is 4.98. The van der Waals surface area contributed by atoms with E-state index in [-0.39, 0.29) is 11.8 Å². The molecule has 0 saturated carbocycles. The number of para-hydroxylation sites is 1. The fraction of sp³-hybridized carbons (Fsp3) is 0.360. The van der Waals surface area contributed by atoms with E-state index in [0.717, 1.165) is 27.4 Å². The largest absolute Gasteiger partial charge is 0.354 e. The number of hydrogen-bond donors (Lipinski definition) is 1. The smallest absolute Gasteiger partial charge is 0.271 e. The number of fused-ring (bicyclic) bond motifs is 3. The molecule has 1 aliphatic heterocycles. The second kappa shape index (κ2) is 8.50. The topological polar surface area (TPSA) is 54.3 Å². The van der Waals surface area contributed by atoms with Gasteiger partial charge in [0.15, 0.2) is 0 Å². The Labute approximate surface area is 191 Å². The second-order valence-electron chi connectivity index (χ2n) is 8.91. The van der Waals surface area contributed by atoms with Crippen LogP contribution in [0.5, 0.6) is 0 Å². The first-order chi connectivity index (χ1) is 14.8. The van der Waals surface area contributed by atoms with Crippen molar-refractivity contribution in [2.24, 2.45) is 5.92 Å². The minimum atomic E-state index is -0.995. The highest BCUT2D eigenvalue weighted by Crippen LogP contribution is 2.33. The van der Waals surface area contributed by atoms with E-state index >= 15 is 0 Å². The maximum atomic E-state index is 13.7. The van der Waals surface area contributed by atoms with Crippen LogP contribution < -0.4 is 5.32 Å². The molecule has 1 atom stereocenters. The lowest BCUT2D eigenvalue weighted by molar-refractivity contribution is -0.133. The SMILES string of the molecule is CC(C)CCNC(=O)C1(C)Cn2c(cc3ccccc32)C(=O)N1Cc1cccc(Br)c1. The van der Waals surface area contributed by atoms with E-state index in [0.29, 0.717) is 31.2 Å². The van der Waals surface area contributed by atoms with Crippen molar-refractivity contribution in [3.63, 3.8) is 0 Å². The lowest BCUT2D eigenvalue weighted by Gasteiger charge is -2.44. The summed E-state index contributed by atoms with van der Waals surface area (Å²) in [7, 11) is 0. The van der Waals surface area contributed by atoms with Crippen LogP contribution in [0.25, 0.3) is 10.9 Å². The van der Waals surface area contributed by atoms with Gasteiger partial charge < -0.3 is 14.8 Å². The molecule has 2 heterocycles. The van der Waals surface area contributed by atoms with Crippen LogP contribution in [-0.2, 0) is 17.9 Å². The van der Waals surface area contributed by atoms with Gasteiger partial charge in [0.1, 0.15) is 11.2 Å². The van der Waals surface area contributed by atoms with E-state index in [2.05, 4.69) is 35.1 Å². The first-order valence-electron chi connectivity index (χ1n) is 10.7. The molecule has 162 valence electrons. The van der Waals surface area contributed by atoms with Gasteiger partial charge in [0.25, 0.3) is 5.91 Å². The van der Waals surface area contributed by atoms with Crippen molar-refractivity contribution in [3.8, 4) is 0 Å². The highest BCUT2D eigenvalue weighted by atomic mass is 79.9. The third-order valence-corrected chi connectivity index (χ3v) is 6.56. The lowest BCUT2D eigenvalue weighted by atomic mass is 9.93. The number of amides is 2. The van der Waals surface area contributed by atoms with Crippen molar-refractivity contribution in [1.29, 1.82) is 0 Å². The Morgan fingerprint density at radius 3 is 2.68 bits per heavy atom. The summed E-state index contributed by atoms with van der Waals surface area (Å²) in [4.78, 5) is 28.9. The fourth-order valence-corrected chi connectivity index (χ4v) is 4.68. The molecule has 1 unspecified atom stereocenters. The third-order valence-electron chi connectivity index (χ3n) is 6.06. The molecule has 0 spiro atoms. The van der Waals surface area contributed by atoms with Crippen LogP contribution in [0.3, 0.4) is 0 Å². The van der Waals surface area contributed by atoms with Crippen molar-refractivity contribution in [1.82, 2.24) is 14.8 Å². The van der Waals surface area contributed by atoms with Gasteiger partial charge >= 0.3 is 0 Å². The van der Waals surface area contributed by atoms with E-state index in [1.54, 1.807) is 4.90 Å². The average Bonchev–Trinajstić information content (AvgIpc) is 3.09. The molecule has 0 fully saturated rings. The molecule has 2 aromatic carbocycles. The van der Waals surface area contributed by atoms with E-state index in [1.165, 1.54) is 0 Å². The number of benzene rings is 2. The van der Waals surface area contributed by atoms with Crippen LogP contribution in [0.2, 0.25) is 0 Å². The zero-order valence-electron chi connectivity index (χ0n) is 18.2. The summed E-state index contributed by atoms with van der Waals surface area (Å²) in [5.41, 5.74) is 1.59. The number of hydrogen-bond acceptors (Lipinski definition) is 2. The highest BCUT2D eigenvalue weighted by molar-refractivity contribution is 9.10. The van der Waals surface area contributed by atoms with E-state index in [1.807, 2.05) is 66.1 Å². The number of carbonyl (C=O) groups excluding carboxylic acids is 2. The van der Waals surface area contributed by atoms with Gasteiger partial charge in [0.05, 0.1) is 6.54 Å². The molecule has 6 heteroatoms. The molecule has 3 aromatic rings. The number of carbonyl (C=O) groups is 2. The van der Waals surface area contributed by atoms with Crippen LogP contribution in [0.4, 0.5) is 0 Å². The molecule has 0 aliphatic carbocycles. The van der Waals surface area contributed by atoms with E-state index in [9.17, 15) is 9.59 Å². The summed E-state index contributed by atoms with van der Waals surface area (Å²) in [6.45, 7) is 7.54. The van der Waals surface area contributed by atoms with Crippen LogP contribution in [0.15, 0.2) is 59.1 Å². The van der Waals surface area contributed by atoms with E-state index in [4.69, 9.17) is 0 Å². The Kier molecular flexibility index (Phi) is 5.93. The summed E-state index contributed by atoms with van der Waals surface area (Å²) < 4.78 is 2.95. The number of halogens is 1. The van der Waals surface area contributed by atoms with Gasteiger partial charge in [0.2, 0.25) is 5.91 Å². The Bertz CT molecular complexity index is 1140. The van der Waals surface area contributed by atoms with Crippen LogP contribution in [-0.4, -0.2) is 33.4 Å². The lowest BCUT2D eigenvalue weighted by Crippen LogP contribution is -2.63. The first-order valence-corrected chi connectivity index (χ1v) is 11.5. The van der Waals surface area contributed by atoms with Crippen molar-refractivity contribution in [3.05, 3.63) is 70.3 Å². The van der Waals surface area contributed by atoms with Gasteiger partial charge in [-0.15, -0.1) is 0 Å². The molecule has 1 aliphatic rings. The number of nitrogens with zero attached hydrogens (tertiary/aromatic N) is 2. The van der Waals surface area contributed by atoms with Gasteiger partial charge in [-0.1, -0.05) is 60.1 Å². The molecule has 5 nitrogen and oxygen atoms in total. The molecule has 1 N–H and O–H groups in total. The normalized spacial score (nSPS) is 18.5. The van der Waals surface area contributed by atoms with Crippen molar-refractivity contribution < 1.29 is 9.59 Å². The molecular weight excluding hydrogens is 454 g/mol. The maximum Gasteiger partial charge on any atom is 0.271 e. The summed E-state index contributed by atoms with van der Waals surface area (Å²) in [6.07, 6.45) is 0.902. The van der Waals surface area contributed by atoms with Gasteiger partial charge in [-0.25, -0.2) is 0 Å². The minimum absolute atomic E-state index is 0.111. The van der Waals surface area contributed by atoms with Crippen LogP contribution in [0, 0.1) is 5.92 Å². The van der Waals surface area contributed by atoms with Gasteiger partial charge in [-0.05, 0) is 49.1 Å². The standard InChI is InChI=1S/C25H28BrN3O2/c1-17(2)11-12-27-24(31)25(3)16-28-21-10-5-4-8-19(21)14-22(28)23(30)29(25)15-18-7-6-9-20(26)13-18/h4-10,13-14,17H,11-12,15-16H2,1-3H3,(H,27,31). The molecule has 31 heavy (non-hydrogen) atoms. The maximum absolute atomic E-state index is 13.7. The van der Waals surface area contributed by atoms with Crippen LogP contribution >= 0.6 is 15.9 Å². The van der Waals surface area contributed by atoms with Crippen LogP contribution in [0.1, 0.15) is 43.2 Å². The number of aromatic nitrogens is 1. The zero-order valence-corrected chi connectivity index (χ0v) is 19.8. The van der Waals surface area contributed by atoms with Crippen molar-refractivity contribution >= 4 is 38.6 Å².